The summed E-state index contributed by atoms with van der Waals surface area (Å²) in [4.78, 5) is 0. The lowest BCUT2D eigenvalue weighted by Crippen LogP contribution is -2.09. The van der Waals surface area contributed by atoms with Crippen LogP contribution in [0, 0.1) is 0 Å². The average Bonchev–Trinajstić information content (AvgIpc) is 2.64. The molecule has 0 radical (unpaired) electrons. The smallest absolute Gasteiger partial charge is 0.268 e. The summed E-state index contributed by atoms with van der Waals surface area (Å²) in [5.74, 6) is 0. The Hall–Kier alpha value is -1.71. The molecule has 0 N–H and O–H groups in total. The monoisotopic (exact) mass is 361 g/mol. The highest BCUT2D eigenvalue weighted by molar-refractivity contribution is 7.56. The summed E-state index contributed by atoms with van der Waals surface area (Å²) in [6.45, 7) is 7.05. The zero-order chi connectivity index (χ0) is 18.0. The fourth-order valence-corrected chi connectivity index (χ4v) is 3.92. The lowest BCUT2D eigenvalue weighted by atomic mass is 9.99. The van der Waals surface area contributed by atoms with Crippen molar-refractivity contribution in [1.29, 1.82) is 0 Å². The molecule has 2 aromatic carbocycles. The summed E-state index contributed by atoms with van der Waals surface area (Å²) >= 11 is 0. The first-order valence-electron chi connectivity index (χ1n) is 8.56. The lowest BCUT2D eigenvalue weighted by molar-refractivity contribution is 0.0871. The SMILES string of the molecule is CCO[P+](OC=C(c1ccccc1)c1ccccc1)(OCC)OCC. The van der Waals surface area contributed by atoms with Gasteiger partial charge in [0.25, 0.3) is 0 Å². The second-order valence-corrected chi connectivity index (χ2v) is 6.95. The van der Waals surface area contributed by atoms with E-state index in [-0.39, 0.29) is 0 Å². The van der Waals surface area contributed by atoms with Gasteiger partial charge in [0.2, 0.25) is 0 Å². The third-order valence-electron chi connectivity index (χ3n) is 3.33. The Labute approximate surface area is 151 Å². The molecule has 0 bridgehead atoms. The van der Waals surface area contributed by atoms with Crippen LogP contribution in [0.4, 0.5) is 0 Å². The van der Waals surface area contributed by atoms with Crippen molar-refractivity contribution in [2.45, 2.75) is 20.8 Å². The number of hydrogen-bond acceptors (Lipinski definition) is 4. The molecule has 134 valence electrons. The summed E-state index contributed by atoms with van der Waals surface area (Å²) in [5, 5.41) is 0. The Bertz CT molecular complexity index is 585. The van der Waals surface area contributed by atoms with Crippen LogP contribution in [-0.2, 0) is 18.1 Å². The van der Waals surface area contributed by atoms with Gasteiger partial charge in [-0.15, -0.1) is 13.6 Å². The van der Waals surface area contributed by atoms with E-state index in [1.54, 1.807) is 6.26 Å². The lowest BCUT2D eigenvalue weighted by Gasteiger charge is -2.18. The Morgan fingerprint density at radius 1 is 0.720 bits per heavy atom. The van der Waals surface area contributed by atoms with Gasteiger partial charge in [-0.05, 0) is 31.9 Å². The van der Waals surface area contributed by atoms with E-state index in [2.05, 4.69) is 0 Å². The molecule has 0 spiro atoms. The Balaban J connectivity index is 2.38. The van der Waals surface area contributed by atoms with Crippen LogP contribution >= 0.6 is 8.17 Å². The van der Waals surface area contributed by atoms with E-state index < -0.39 is 8.17 Å². The molecule has 0 unspecified atom stereocenters. The van der Waals surface area contributed by atoms with E-state index in [4.69, 9.17) is 18.1 Å². The highest BCUT2D eigenvalue weighted by Crippen LogP contribution is 2.63. The maximum absolute atomic E-state index is 6.00. The largest absolute Gasteiger partial charge is 0.621 e. The molecular formula is C20H26O4P+. The van der Waals surface area contributed by atoms with Gasteiger partial charge in [0, 0.05) is 5.57 Å². The summed E-state index contributed by atoms with van der Waals surface area (Å²) in [6.07, 6.45) is 1.69. The molecule has 0 saturated carbocycles. The zero-order valence-corrected chi connectivity index (χ0v) is 15.9. The average molecular weight is 361 g/mol. The van der Waals surface area contributed by atoms with E-state index in [1.807, 2.05) is 81.4 Å². The molecule has 0 fully saturated rings. The van der Waals surface area contributed by atoms with Gasteiger partial charge >= 0.3 is 8.17 Å². The third kappa shape index (κ3) is 5.65. The van der Waals surface area contributed by atoms with Crippen LogP contribution in [0.3, 0.4) is 0 Å². The summed E-state index contributed by atoms with van der Waals surface area (Å²) in [5.41, 5.74) is 3.05. The predicted molar refractivity (Wildman–Crippen MR) is 103 cm³/mol. The standard InChI is InChI=1S/C20H26O4P/c1-4-21-25(22-5-2,23-6-3)24-17-20(18-13-9-7-10-14-18)19-15-11-8-12-16-19/h7-17H,4-6H2,1-3H3/q+1. The highest BCUT2D eigenvalue weighted by atomic mass is 31.2. The molecular weight excluding hydrogens is 335 g/mol. The van der Waals surface area contributed by atoms with Crippen molar-refractivity contribution in [3.63, 3.8) is 0 Å². The van der Waals surface area contributed by atoms with Gasteiger partial charge in [-0.25, -0.2) is 0 Å². The topological polar surface area (TPSA) is 36.9 Å². The van der Waals surface area contributed by atoms with E-state index in [0.29, 0.717) is 19.8 Å². The molecule has 0 aliphatic carbocycles. The number of benzene rings is 2. The highest BCUT2D eigenvalue weighted by Gasteiger charge is 2.49. The van der Waals surface area contributed by atoms with Crippen LogP contribution in [0.2, 0.25) is 0 Å². The summed E-state index contributed by atoms with van der Waals surface area (Å²) < 4.78 is 23.2. The molecule has 0 heterocycles. The van der Waals surface area contributed by atoms with E-state index in [9.17, 15) is 0 Å². The Morgan fingerprint density at radius 3 is 1.48 bits per heavy atom. The third-order valence-corrected chi connectivity index (χ3v) is 5.42. The number of rotatable bonds is 10. The van der Waals surface area contributed by atoms with Crippen molar-refractivity contribution in [1.82, 2.24) is 0 Å². The molecule has 0 aliphatic rings. The van der Waals surface area contributed by atoms with E-state index in [0.717, 1.165) is 16.7 Å². The zero-order valence-electron chi connectivity index (χ0n) is 15.1. The van der Waals surface area contributed by atoms with Crippen LogP contribution in [-0.4, -0.2) is 19.8 Å². The fourth-order valence-electron chi connectivity index (χ4n) is 2.33. The van der Waals surface area contributed by atoms with Crippen molar-refractivity contribution in [3.05, 3.63) is 78.1 Å². The molecule has 2 aromatic rings. The van der Waals surface area contributed by atoms with Crippen molar-refractivity contribution in [2.75, 3.05) is 19.8 Å². The normalized spacial score (nSPS) is 11.2. The molecule has 2 rings (SSSR count). The van der Waals surface area contributed by atoms with Gasteiger partial charge in [-0.3, -0.25) is 4.52 Å². The minimum Gasteiger partial charge on any atom is -0.268 e. The van der Waals surface area contributed by atoms with E-state index in [1.165, 1.54) is 0 Å². The summed E-state index contributed by atoms with van der Waals surface area (Å²) in [7, 11) is -2.87. The second kappa shape index (κ2) is 10.3. The van der Waals surface area contributed by atoms with Crippen LogP contribution in [0.25, 0.3) is 5.57 Å². The first-order chi connectivity index (χ1) is 12.2. The second-order valence-electron chi connectivity index (χ2n) is 5.07. The quantitative estimate of drug-likeness (QED) is 0.391. The van der Waals surface area contributed by atoms with Crippen molar-refractivity contribution in [2.24, 2.45) is 0 Å². The maximum atomic E-state index is 6.00. The minimum absolute atomic E-state index is 0.452. The van der Waals surface area contributed by atoms with Crippen LogP contribution in [0.5, 0.6) is 0 Å². The molecule has 5 heteroatoms. The molecule has 4 nitrogen and oxygen atoms in total. The molecule has 25 heavy (non-hydrogen) atoms. The molecule has 0 amide bonds. The predicted octanol–water partition coefficient (Wildman–Crippen LogP) is 5.88. The van der Waals surface area contributed by atoms with E-state index >= 15 is 0 Å². The van der Waals surface area contributed by atoms with Crippen molar-refractivity contribution < 1.29 is 18.1 Å². The Kier molecular flexibility index (Phi) is 8.10. The first-order valence-corrected chi connectivity index (χ1v) is 10.0. The molecule has 0 atom stereocenters. The van der Waals surface area contributed by atoms with Gasteiger partial charge in [0.05, 0.1) is 19.8 Å². The van der Waals surface area contributed by atoms with Gasteiger partial charge in [0.1, 0.15) is 0 Å². The van der Waals surface area contributed by atoms with Gasteiger partial charge in [-0.2, -0.15) is 0 Å². The van der Waals surface area contributed by atoms with Gasteiger partial charge < -0.3 is 0 Å². The van der Waals surface area contributed by atoms with Gasteiger partial charge in [0.15, 0.2) is 6.26 Å². The fraction of sp³-hybridized carbons (Fsp3) is 0.300. The number of hydrogen-bond donors (Lipinski definition) is 0. The molecule has 0 aliphatic heterocycles. The van der Waals surface area contributed by atoms with Crippen LogP contribution < -0.4 is 0 Å². The molecule has 0 saturated heterocycles. The van der Waals surface area contributed by atoms with Crippen molar-refractivity contribution in [3.8, 4) is 0 Å². The first kappa shape index (κ1) is 19.6. The van der Waals surface area contributed by atoms with Crippen molar-refractivity contribution >= 4 is 13.7 Å². The summed E-state index contributed by atoms with van der Waals surface area (Å²) in [6, 6.07) is 20.2. The minimum atomic E-state index is -2.87. The maximum Gasteiger partial charge on any atom is 0.621 e. The van der Waals surface area contributed by atoms with Crippen LogP contribution in [0.15, 0.2) is 66.9 Å². The Morgan fingerprint density at radius 2 is 1.12 bits per heavy atom. The molecule has 0 aromatic heterocycles. The van der Waals surface area contributed by atoms with Gasteiger partial charge in [-0.1, -0.05) is 60.7 Å². The van der Waals surface area contributed by atoms with Crippen LogP contribution in [0.1, 0.15) is 31.9 Å².